The lowest BCUT2D eigenvalue weighted by Gasteiger charge is -2.18. The molecule has 2 heterocycles. The van der Waals surface area contributed by atoms with Crippen molar-refractivity contribution in [2.75, 3.05) is 0 Å². The van der Waals surface area contributed by atoms with E-state index in [9.17, 15) is 10.4 Å². The molecule has 2 bridgehead atoms. The molecule has 1 aromatic rings. The molecule has 0 spiro atoms. The van der Waals surface area contributed by atoms with Gasteiger partial charge in [0.15, 0.2) is 0 Å². The molecule has 2 aliphatic heterocycles. The Hall–Kier alpha value is -1.78. The van der Waals surface area contributed by atoms with E-state index in [4.69, 9.17) is 0 Å². The van der Waals surface area contributed by atoms with Gasteiger partial charge in [0.1, 0.15) is 12.1 Å². The van der Waals surface area contributed by atoms with Crippen LogP contribution in [0.5, 0.6) is 0 Å². The van der Waals surface area contributed by atoms with E-state index in [0.29, 0.717) is 0 Å². The van der Waals surface area contributed by atoms with Crippen LogP contribution in [0.4, 0.5) is 0 Å². The minimum atomic E-state index is 0.0430. The SMILES string of the molecule is [O-]/N=[N+](/[O-])N1C2CCC1c1ccccc12. The van der Waals surface area contributed by atoms with E-state index in [-0.39, 0.29) is 17.1 Å². The van der Waals surface area contributed by atoms with Crippen LogP contribution in [-0.4, -0.2) is 9.98 Å². The van der Waals surface area contributed by atoms with Gasteiger partial charge < -0.3 is 10.4 Å². The number of benzene rings is 1. The molecule has 2 unspecified atom stereocenters. The van der Waals surface area contributed by atoms with Crippen molar-refractivity contribution in [1.82, 2.24) is 5.01 Å². The van der Waals surface area contributed by atoms with Gasteiger partial charge in [0.05, 0.1) is 0 Å². The van der Waals surface area contributed by atoms with E-state index in [1.807, 2.05) is 24.3 Å². The van der Waals surface area contributed by atoms with Gasteiger partial charge in [0.2, 0.25) is 0 Å². The van der Waals surface area contributed by atoms with Crippen molar-refractivity contribution in [2.24, 2.45) is 5.28 Å². The Labute approximate surface area is 86.8 Å². The highest BCUT2D eigenvalue weighted by atomic mass is 16.6. The average Bonchev–Trinajstić information content (AvgIpc) is 2.84. The van der Waals surface area contributed by atoms with Crippen molar-refractivity contribution in [1.29, 1.82) is 0 Å². The maximum atomic E-state index is 11.3. The molecule has 0 aromatic heterocycles. The van der Waals surface area contributed by atoms with Gasteiger partial charge >= 0.3 is 0 Å². The second-order valence-corrected chi connectivity index (χ2v) is 3.95. The number of hydrogen-bond donors (Lipinski definition) is 0. The van der Waals surface area contributed by atoms with Crippen LogP contribution in [0.25, 0.3) is 0 Å². The summed E-state index contributed by atoms with van der Waals surface area (Å²) >= 11 is 0. The minimum Gasteiger partial charge on any atom is -0.737 e. The molecule has 3 rings (SSSR count). The second-order valence-electron chi connectivity index (χ2n) is 3.95. The maximum Gasteiger partial charge on any atom is 0.114 e. The van der Waals surface area contributed by atoms with Gasteiger partial charge in [0.25, 0.3) is 0 Å². The summed E-state index contributed by atoms with van der Waals surface area (Å²) in [6.07, 6.45) is 1.85. The highest BCUT2D eigenvalue weighted by Crippen LogP contribution is 2.52. The van der Waals surface area contributed by atoms with Crippen LogP contribution < -0.4 is 0 Å². The molecule has 0 saturated carbocycles. The molecule has 2 aliphatic rings. The van der Waals surface area contributed by atoms with E-state index in [0.717, 1.165) is 12.8 Å². The van der Waals surface area contributed by atoms with Crippen LogP contribution >= 0.6 is 0 Å². The number of fused-ring (bicyclic) bond motifs is 5. The molecule has 5 nitrogen and oxygen atoms in total. The Morgan fingerprint density at radius 2 is 1.73 bits per heavy atom. The van der Waals surface area contributed by atoms with Crippen LogP contribution in [0.3, 0.4) is 0 Å². The normalized spacial score (nSPS) is 28.3. The Morgan fingerprint density at radius 1 is 1.20 bits per heavy atom. The fourth-order valence-corrected chi connectivity index (χ4v) is 2.79. The zero-order chi connectivity index (χ0) is 10.4. The third-order valence-corrected chi connectivity index (χ3v) is 3.33. The van der Waals surface area contributed by atoms with Crippen molar-refractivity contribution < 1.29 is 4.97 Å². The largest absolute Gasteiger partial charge is 0.737 e. The molecule has 0 amide bonds. The zero-order valence-electron chi connectivity index (χ0n) is 8.04. The predicted molar refractivity (Wildman–Crippen MR) is 52.4 cm³/mol. The van der Waals surface area contributed by atoms with Gasteiger partial charge in [-0.2, -0.15) is 0 Å². The summed E-state index contributed by atoms with van der Waals surface area (Å²) in [6.45, 7) is 0. The first kappa shape index (κ1) is 8.52. The lowest BCUT2D eigenvalue weighted by molar-refractivity contribution is -0.702. The molecule has 1 fully saturated rings. The van der Waals surface area contributed by atoms with Crippen molar-refractivity contribution in [3.63, 3.8) is 0 Å². The summed E-state index contributed by atoms with van der Waals surface area (Å²) in [7, 11) is 0. The van der Waals surface area contributed by atoms with Gasteiger partial charge in [-0.1, -0.05) is 24.3 Å². The summed E-state index contributed by atoms with van der Waals surface area (Å²) in [5.74, 6) is 0. The first-order chi connectivity index (χ1) is 7.33. The highest BCUT2D eigenvalue weighted by Gasteiger charge is 2.48. The lowest BCUT2D eigenvalue weighted by Crippen LogP contribution is -2.26. The van der Waals surface area contributed by atoms with E-state index >= 15 is 0 Å². The molecule has 0 aliphatic carbocycles. The molecule has 15 heavy (non-hydrogen) atoms. The Bertz CT molecular complexity index is 401. The third kappa shape index (κ3) is 0.973. The van der Waals surface area contributed by atoms with Gasteiger partial charge in [-0.3, -0.25) is 0 Å². The fourth-order valence-electron chi connectivity index (χ4n) is 2.79. The minimum absolute atomic E-state index is 0.0430. The summed E-state index contributed by atoms with van der Waals surface area (Å²) in [5, 5.41) is 25.6. The van der Waals surface area contributed by atoms with Crippen LogP contribution in [0.1, 0.15) is 36.1 Å². The molecular weight excluding hydrogens is 194 g/mol. The predicted octanol–water partition coefficient (Wildman–Crippen LogP) is 2.25. The molecule has 5 heteroatoms. The second kappa shape index (κ2) is 2.85. The standard InChI is InChI=1S/C10H11N3O2/c14-11-13(15)12-9-5-6-10(12)8-4-2-1-3-7(8)9/h1-4,9-10,14H,5-6H2/p-1/b13-11+. The quantitative estimate of drug-likeness (QED) is 0.400. The number of hydrogen-bond acceptors (Lipinski definition) is 3. The van der Waals surface area contributed by atoms with Crippen molar-refractivity contribution in [3.8, 4) is 0 Å². The van der Waals surface area contributed by atoms with Crippen LogP contribution in [0, 0.1) is 10.4 Å². The Morgan fingerprint density at radius 3 is 2.20 bits per heavy atom. The lowest BCUT2D eigenvalue weighted by atomic mass is 9.92. The first-order valence-electron chi connectivity index (χ1n) is 5.00. The molecular formula is C10H10N3O2-. The maximum absolute atomic E-state index is 11.3. The van der Waals surface area contributed by atoms with E-state index < -0.39 is 0 Å². The fraction of sp³-hybridized carbons (Fsp3) is 0.400. The molecule has 2 atom stereocenters. The summed E-state index contributed by atoms with van der Waals surface area (Å²) in [4.78, 5) is 0.197. The van der Waals surface area contributed by atoms with Crippen molar-refractivity contribution >= 4 is 0 Å². The van der Waals surface area contributed by atoms with Crippen LogP contribution in [-0.2, 0) is 0 Å². The highest BCUT2D eigenvalue weighted by molar-refractivity contribution is 5.39. The van der Waals surface area contributed by atoms with Gasteiger partial charge in [-0.25, -0.2) is 0 Å². The van der Waals surface area contributed by atoms with Gasteiger partial charge in [-0.15, -0.1) is 5.01 Å². The zero-order valence-corrected chi connectivity index (χ0v) is 8.04. The van der Waals surface area contributed by atoms with Gasteiger partial charge in [-0.05, 0) is 29.2 Å². The molecule has 0 N–H and O–H groups in total. The van der Waals surface area contributed by atoms with Gasteiger partial charge in [0, 0.05) is 4.97 Å². The third-order valence-electron chi connectivity index (χ3n) is 3.33. The van der Waals surface area contributed by atoms with Crippen LogP contribution in [0.2, 0.25) is 0 Å². The Kier molecular flexibility index (Phi) is 1.62. The number of hydrazine groups is 1. The molecule has 1 saturated heterocycles. The van der Waals surface area contributed by atoms with Crippen molar-refractivity contribution in [3.05, 3.63) is 45.8 Å². The van der Waals surface area contributed by atoms with E-state index in [2.05, 4.69) is 5.28 Å². The molecule has 0 radical (unpaired) electrons. The smallest absolute Gasteiger partial charge is 0.114 e. The number of rotatable bonds is 1. The molecule has 78 valence electrons. The average molecular weight is 204 g/mol. The first-order valence-corrected chi connectivity index (χ1v) is 5.00. The summed E-state index contributed by atoms with van der Waals surface area (Å²) in [5.41, 5.74) is 2.33. The van der Waals surface area contributed by atoms with E-state index in [1.165, 1.54) is 16.1 Å². The topological polar surface area (TPSA) is 64.7 Å². The van der Waals surface area contributed by atoms with E-state index in [1.54, 1.807) is 0 Å². The molecule has 1 aromatic carbocycles. The monoisotopic (exact) mass is 204 g/mol. The number of nitrogens with zero attached hydrogens (tertiary/aromatic N) is 3. The van der Waals surface area contributed by atoms with Crippen molar-refractivity contribution in [2.45, 2.75) is 24.9 Å². The Balaban J connectivity index is 2.09. The summed E-state index contributed by atoms with van der Waals surface area (Å²) in [6, 6.07) is 8.04. The van der Waals surface area contributed by atoms with Crippen LogP contribution in [0.15, 0.2) is 29.5 Å². The summed E-state index contributed by atoms with van der Waals surface area (Å²) < 4.78 is 0.